The van der Waals surface area contributed by atoms with Gasteiger partial charge in [-0.25, -0.2) is 13.2 Å². The minimum absolute atomic E-state index is 0.0693. The fourth-order valence-corrected chi connectivity index (χ4v) is 7.50. The molecule has 11 heteroatoms. The number of thioether (sulfide) groups is 1. The lowest BCUT2D eigenvalue weighted by molar-refractivity contribution is -0.150. The Labute approximate surface area is 184 Å². The Morgan fingerprint density at radius 2 is 1.87 bits per heavy atom. The monoisotopic (exact) mass is 471 g/mol. The SMILES string of the molecule is CCC(O)(CC)C1C2SC3C(OC(=O)C31)C2OCC(=O)Oc1ccc(S(=O)(=O)[O-])cc1. The maximum Gasteiger partial charge on any atom is 0.337 e. The van der Waals surface area contributed by atoms with Crippen LogP contribution in [0.15, 0.2) is 29.2 Å². The van der Waals surface area contributed by atoms with E-state index in [4.69, 9.17) is 14.2 Å². The quantitative estimate of drug-likeness (QED) is 0.333. The van der Waals surface area contributed by atoms with Crippen LogP contribution < -0.4 is 4.74 Å². The van der Waals surface area contributed by atoms with Gasteiger partial charge >= 0.3 is 11.9 Å². The second-order valence-corrected chi connectivity index (χ2v) is 10.7. The summed E-state index contributed by atoms with van der Waals surface area (Å²) >= 11 is 1.58. The summed E-state index contributed by atoms with van der Waals surface area (Å²) in [5.41, 5.74) is -1.02. The summed E-state index contributed by atoms with van der Waals surface area (Å²) in [6.07, 6.45) is -0.00386. The molecule has 0 radical (unpaired) electrons. The van der Waals surface area contributed by atoms with Crippen LogP contribution in [0.1, 0.15) is 26.7 Å². The van der Waals surface area contributed by atoms with Gasteiger partial charge in [0.05, 0.1) is 21.7 Å². The van der Waals surface area contributed by atoms with Crippen molar-refractivity contribution in [1.82, 2.24) is 0 Å². The number of benzene rings is 1. The fraction of sp³-hybridized carbons (Fsp3) is 0.600. The van der Waals surface area contributed by atoms with Crippen molar-refractivity contribution in [2.24, 2.45) is 11.8 Å². The normalized spacial score (nSPS) is 31.7. The molecule has 1 aromatic carbocycles. The van der Waals surface area contributed by atoms with Gasteiger partial charge in [0.2, 0.25) is 0 Å². The number of carbonyl (C=O) groups is 2. The number of ether oxygens (including phenoxy) is 3. The molecule has 1 aromatic rings. The molecule has 3 aliphatic rings. The number of hydrogen-bond acceptors (Lipinski definition) is 10. The summed E-state index contributed by atoms with van der Waals surface area (Å²) in [6, 6.07) is 4.52. The Morgan fingerprint density at radius 3 is 2.45 bits per heavy atom. The van der Waals surface area contributed by atoms with Crippen molar-refractivity contribution >= 4 is 33.8 Å². The fourth-order valence-electron chi connectivity index (χ4n) is 4.88. The van der Waals surface area contributed by atoms with Crippen LogP contribution in [0, 0.1) is 11.8 Å². The zero-order valence-electron chi connectivity index (χ0n) is 16.9. The summed E-state index contributed by atoms with van der Waals surface area (Å²) in [7, 11) is -4.59. The van der Waals surface area contributed by atoms with E-state index < -0.39 is 45.4 Å². The van der Waals surface area contributed by atoms with Crippen molar-refractivity contribution in [3.05, 3.63) is 24.3 Å². The van der Waals surface area contributed by atoms with E-state index in [1.54, 1.807) is 11.8 Å². The minimum Gasteiger partial charge on any atom is -0.744 e. The van der Waals surface area contributed by atoms with Gasteiger partial charge in [-0.1, -0.05) is 13.8 Å². The number of esters is 2. The first kappa shape index (κ1) is 22.5. The van der Waals surface area contributed by atoms with Crippen molar-refractivity contribution in [1.29, 1.82) is 0 Å². The maximum atomic E-state index is 12.4. The third-order valence-electron chi connectivity index (χ3n) is 6.49. The smallest absolute Gasteiger partial charge is 0.337 e. The van der Waals surface area contributed by atoms with Crippen molar-refractivity contribution in [2.45, 2.75) is 59.9 Å². The van der Waals surface area contributed by atoms with Crippen molar-refractivity contribution in [3.63, 3.8) is 0 Å². The van der Waals surface area contributed by atoms with Crippen LogP contribution in [0.2, 0.25) is 0 Å². The minimum atomic E-state index is -4.59. The van der Waals surface area contributed by atoms with Crippen LogP contribution in [0.4, 0.5) is 0 Å². The highest BCUT2D eigenvalue weighted by Crippen LogP contribution is 2.62. The number of fused-ring (bicyclic) bond motifs is 1. The number of carbonyl (C=O) groups excluding carboxylic acids is 2. The average Bonchev–Trinajstić information content (AvgIpc) is 3.34. The molecule has 1 N–H and O–H groups in total. The molecule has 0 amide bonds. The molecule has 0 spiro atoms. The highest BCUT2D eigenvalue weighted by molar-refractivity contribution is 8.01. The third-order valence-corrected chi connectivity index (χ3v) is 9.09. The Hall–Kier alpha value is -1.66. The topological polar surface area (TPSA) is 139 Å². The number of aliphatic hydroxyl groups is 1. The Balaban J connectivity index is 1.42. The van der Waals surface area contributed by atoms with Crippen LogP contribution in [-0.2, 0) is 29.2 Å². The van der Waals surface area contributed by atoms with Crippen LogP contribution in [0.25, 0.3) is 0 Å². The molecule has 0 saturated carbocycles. The van der Waals surface area contributed by atoms with E-state index >= 15 is 0 Å². The van der Waals surface area contributed by atoms with E-state index in [0.29, 0.717) is 12.8 Å². The first-order valence-corrected chi connectivity index (χ1v) is 12.4. The number of rotatable bonds is 8. The maximum absolute atomic E-state index is 12.4. The van der Waals surface area contributed by atoms with Crippen LogP contribution >= 0.6 is 11.8 Å². The predicted octanol–water partition coefficient (Wildman–Crippen LogP) is 1.09. The number of hydrogen-bond donors (Lipinski definition) is 1. The van der Waals surface area contributed by atoms with E-state index in [1.807, 2.05) is 13.8 Å². The Morgan fingerprint density at radius 1 is 1.23 bits per heavy atom. The standard InChI is InChI=1S/C20H24O9S2/c1-3-20(23,4-2)14-13-17-16(29-19(13)22)15(18(14)30-17)27-9-12(21)28-10-5-7-11(8-6-10)31(24,25)26/h5-8,13-18,23H,3-4,9H2,1-2H3,(H,24,25,26)/p-1. The molecule has 6 unspecified atom stereocenters. The lowest BCUT2D eigenvalue weighted by atomic mass is 9.67. The van der Waals surface area contributed by atoms with E-state index in [0.717, 1.165) is 12.1 Å². The molecule has 3 fully saturated rings. The molecule has 170 valence electrons. The summed E-state index contributed by atoms with van der Waals surface area (Å²) < 4.78 is 49.4. The van der Waals surface area contributed by atoms with E-state index in [1.165, 1.54) is 12.1 Å². The van der Waals surface area contributed by atoms with Crippen LogP contribution in [0.3, 0.4) is 0 Å². The lowest BCUT2D eigenvalue weighted by Gasteiger charge is -2.40. The van der Waals surface area contributed by atoms with Gasteiger partial charge in [0, 0.05) is 11.2 Å². The highest BCUT2D eigenvalue weighted by atomic mass is 32.2. The van der Waals surface area contributed by atoms with Gasteiger partial charge in [-0.2, -0.15) is 0 Å². The molecule has 6 atom stereocenters. The molecular formula is C20H23O9S2-. The van der Waals surface area contributed by atoms with Gasteiger partial charge in [-0.3, -0.25) is 4.79 Å². The van der Waals surface area contributed by atoms with E-state index in [-0.39, 0.29) is 34.1 Å². The second kappa shape index (κ2) is 8.04. The third kappa shape index (κ3) is 3.86. The predicted molar refractivity (Wildman–Crippen MR) is 107 cm³/mol. The zero-order valence-corrected chi connectivity index (χ0v) is 18.6. The Bertz CT molecular complexity index is 971. The summed E-state index contributed by atoms with van der Waals surface area (Å²) in [5, 5.41) is 10.8. The first-order chi connectivity index (χ1) is 14.6. The molecule has 2 bridgehead atoms. The summed E-state index contributed by atoms with van der Waals surface area (Å²) in [5.74, 6) is -1.65. The molecule has 31 heavy (non-hydrogen) atoms. The van der Waals surface area contributed by atoms with Gasteiger partial charge in [-0.15, -0.1) is 11.8 Å². The summed E-state index contributed by atoms with van der Waals surface area (Å²) in [6.45, 7) is 3.36. The average molecular weight is 472 g/mol. The van der Waals surface area contributed by atoms with Gasteiger partial charge in [0.1, 0.15) is 34.7 Å². The summed E-state index contributed by atoms with van der Waals surface area (Å²) in [4.78, 5) is 24.2. The highest BCUT2D eigenvalue weighted by Gasteiger charge is 2.71. The van der Waals surface area contributed by atoms with Gasteiger partial charge in [0.15, 0.2) is 0 Å². The molecule has 0 aromatic heterocycles. The van der Waals surface area contributed by atoms with Gasteiger partial charge in [-0.05, 0) is 37.1 Å². The van der Waals surface area contributed by atoms with Crippen molar-refractivity contribution in [2.75, 3.05) is 6.61 Å². The van der Waals surface area contributed by atoms with Crippen molar-refractivity contribution < 1.29 is 41.9 Å². The van der Waals surface area contributed by atoms with Gasteiger partial charge < -0.3 is 23.9 Å². The molecule has 0 aliphatic carbocycles. The van der Waals surface area contributed by atoms with Crippen molar-refractivity contribution in [3.8, 4) is 5.75 Å². The largest absolute Gasteiger partial charge is 0.744 e. The van der Waals surface area contributed by atoms with E-state index in [2.05, 4.69) is 0 Å². The van der Waals surface area contributed by atoms with Crippen LogP contribution in [-0.4, -0.2) is 64.9 Å². The van der Waals surface area contributed by atoms with Crippen LogP contribution in [0.5, 0.6) is 5.75 Å². The Kier molecular flexibility index (Phi) is 5.84. The lowest BCUT2D eigenvalue weighted by Crippen LogP contribution is -2.53. The zero-order chi connectivity index (χ0) is 22.6. The van der Waals surface area contributed by atoms with E-state index in [9.17, 15) is 27.7 Å². The molecule has 3 heterocycles. The molecule has 4 rings (SSSR count). The molecular weight excluding hydrogens is 448 g/mol. The second-order valence-electron chi connectivity index (χ2n) is 8.00. The van der Waals surface area contributed by atoms with Gasteiger partial charge in [0.25, 0.3) is 0 Å². The molecule has 9 nitrogen and oxygen atoms in total. The molecule has 3 aliphatic heterocycles. The molecule has 3 saturated heterocycles. The first-order valence-electron chi connectivity index (χ1n) is 10.1.